The number of ketones is 1. The van der Waals surface area contributed by atoms with E-state index in [1.807, 2.05) is 13.8 Å². The maximum atomic E-state index is 11.8. The molecular weight excluding hydrogens is 218 g/mol. The monoisotopic (exact) mass is 237 g/mol. The lowest BCUT2D eigenvalue weighted by Crippen LogP contribution is -2.26. The lowest BCUT2D eigenvalue weighted by molar-refractivity contribution is -0.139. The summed E-state index contributed by atoms with van der Waals surface area (Å²) in [5, 5.41) is 0. The van der Waals surface area contributed by atoms with Crippen LogP contribution in [0.5, 0.6) is 0 Å². The van der Waals surface area contributed by atoms with E-state index >= 15 is 0 Å². The molecule has 0 aromatic carbocycles. The number of carbonyl (C=O) groups is 2. The lowest BCUT2D eigenvalue weighted by atomic mass is 9.88. The number of rotatable bonds is 4. The Hall–Kier alpha value is -1.45. The van der Waals surface area contributed by atoms with Crippen molar-refractivity contribution in [2.75, 3.05) is 6.61 Å². The Morgan fingerprint density at radius 3 is 2.59 bits per heavy atom. The van der Waals surface area contributed by atoms with Gasteiger partial charge in [-0.15, -0.1) is 0 Å². The van der Waals surface area contributed by atoms with Crippen LogP contribution in [-0.4, -0.2) is 24.1 Å². The topological polar surface area (TPSA) is 55.7 Å². The molecule has 4 nitrogen and oxygen atoms in total. The Kier molecular flexibility index (Phi) is 4.61. The summed E-state index contributed by atoms with van der Waals surface area (Å²) in [6.07, 6.45) is 1.20. The standard InChI is InChI=1S/C13H19NO3/c1-5-6-17-13(16)12-7-11(10(4)15)8(2)14-9(12)3/h11H,5-7H2,1-4H3. The van der Waals surface area contributed by atoms with Gasteiger partial charge in [0.05, 0.1) is 18.1 Å². The first kappa shape index (κ1) is 13.6. The Morgan fingerprint density at radius 2 is 2.06 bits per heavy atom. The second kappa shape index (κ2) is 5.75. The first-order valence-corrected chi connectivity index (χ1v) is 5.89. The Morgan fingerprint density at radius 1 is 1.41 bits per heavy atom. The number of carbonyl (C=O) groups excluding carboxylic acids is 2. The van der Waals surface area contributed by atoms with Gasteiger partial charge in [0.2, 0.25) is 0 Å². The van der Waals surface area contributed by atoms with Crippen LogP contribution in [0, 0.1) is 5.92 Å². The molecule has 0 radical (unpaired) electrons. The number of allylic oxidation sites excluding steroid dienone is 1. The van der Waals surface area contributed by atoms with E-state index in [0.29, 0.717) is 24.3 Å². The van der Waals surface area contributed by atoms with E-state index < -0.39 is 0 Å². The fourth-order valence-electron chi connectivity index (χ4n) is 1.86. The first-order chi connectivity index (χ1) is 7.97. The quantitative estimate of drug-likeness (QED) is 0.705. The summed E-state index contributed by atoms with van der Waals surface area (Å²) in [6, 6.07) is 0. The van der Waals surface area contributed by atoms with Gasteiger partial charge in [0.15, 0.2) is 0 Å². The summed E-state index contributed by atoms with van der Waals surface area (Å²) in [7, 11) is 0. The van der Waals surface area contributed by atoms with E-state index in [9.17, 15) is 9.59 Å². The fourth-order valence-corrected chi connectivity index (χ4v) is 1.86. The van der Waals surface area contributed by atoms with Crippen molar-refractivity contribution in [2.45, 2.75) is 40.5 Å². The average molecular weight is 237 g/mol. The molecule has 1 rings (SSSR count). The third kappa shape index (κ3) is 3.25. The molecule has 17 heavy (non-hydrogen) atoms. The predicted molar refractivity (Wildman–Crippen MR) is 65.8 cm³/mol. The molecule has 4 heteroatoms. The lowest BCUT2D eigenvalue weighted by Gasteiger charge is -2.21. The van der Waals surface area contributed by atoms with Gasteiger partial charge in [-0.25, -0.2) is 4.79 Å². The zero-order valence-corrected chi connectivity index (χ0v) is 10.9. The Balaban J connectivity index is 2.88. The number of esters is 1. The van der Waals surface area contributed by atoms with Crippen LogP contribution in [0.4, 0.5) is 0 Å². The van der Waals surface area contributed by atoms with Crippen LogP contribution >= 0.6 is 0 Å². The molecule has 0 saturated heterocycles. The van der Waals surface area contributed by atoms with E-state index in [0.717, 1.165) is 12.1 Å². The normalized spacial score (nSPS) is 20.0. The number of hydrogen-bond acceptors (Lipinski definition) is 4. The molecule has 0 bridgehead atoms. The molecule has 1 aliphatic rings. The molecule has 94 valence electrons. The van der Waals surface area contributed by atoms with Crippen molar-refractivity contribution in [3.05, 3.63) is 11.3 Å². The molecule has 0 aromatic heterocycles. The van der Waals surface area contributed by atoms with Crippen LogP contribution in [-0.2, 0) is 14.3 Å². The molecule has 0 aromatic rings. The van der Waals surface area contributed by atoms with Crippen LogP contribution in [0.3, 0.4) is 0 Å². The zero-order valence-electron chi connectivity index (χ0n) is 10.9. The zero-order chi connectivity index (χ0) is 13.0. The van der Waals surface area contributed by atoms with Gasteiger partial charge in [-0.2, -0.15) is 0 Å². The highest BCUT2D eigenvalue weighted by Crippen LogP contribution is 2.25. The number of nitrogens with zero attached hydrogens (tertiary/aromatic N) is 1. The van der Waals surface area contributed by atoms with Crippen LogP contribution < -0.4 is 0 Å². The van der Waals surface area contributed by atoms with Crippen molar-refractivity contribution in [1.29, 1.82) is 0 Å². The van der Waals surface area contributed by atoms with Crippen LogP contribution in [0.1, 0.15) is 40.5 Å². The maximum absolute atomic E-state index is 11.8. The Bertz CT molecular complexity index is 393. The van der Waals surface area contributed by atoms with Crippen molar-refractivity contribution in [3.8, 4) is 0 Å². The minimum atomic E-state index is -0.341. The van der Waals surface area contributed by atoms with Crippen molar-refractivity contribution >= 4 is 17.5 Å². The highest BCUT2D eigenvalue weighted by molar-refractivity contribution is 6.06. The molecular formula is C13H19NO3. The smallest absolute Gasteiger partial charge is 0.335 e. The van der Waals surface area contributed by atoms with Crippen LogP contribution in [0.2, 0.25) is 0 Å². The van der Waals surface area contributed by atoms with Gasteiger partial charge in [-0.1, -0.05) is 6.92 Å². The Labute approximate surface area is 102 Å². The number of hydrogen-bond donors (Lipinski definition) is 0. The number of aliphatic imine (C=N–C) groups is 1. The van der Waals surface area contributed by atoms with Crippen molar-refractivity contribution in [3.63, 3.8) is 0 Å². The molecule has 0 amide bonds. The van der Waals surface area contributed by atoms with Crippen LogP contribution in [0.15, 0.2) is 16.3 Å². The van der Waals surface area contributed by atoms with Gasteiger partial charge < -0.3 is 4.74 Å². The van der Waals surface area contributed by atoms with Gasteiger partial charge in [0.25, 0.3) is 0 Å². The molecule has 1 atom stereocenters. The van der Waals surface area contributed by atoms with Crippen molar-refractivity contribution in [2.24, 2.45) is 10.9 Å². The van der Waals surface area contributed by atoms with Crippen molar-refractivity contribution < 1.29 is 14.3 Å². The summed E-state index contributed by atoms with van der Waals surface area (Å²) in [5.41, 5.74) is 1.98. The average Bonchev–Trinajstić information content (AvgIpc) is 2.25. The molecule has 0 N–H and O–H groups in total. The van der Waals surface area contributed by atoms with Crippen molar-refractivity contribution in [1.82, 2.24) is 0 Å². The predicted octanol–water partition coefficient (Wildman–Crippen LogP) is 2.28. The number of ether oxygens (including phenoxy) is 1. The maximum Gasteiger partial charge on any atom is 0.335 e. The van der Waals surface area contributed by atoms with Gasteiger partial charge in [-0.05, 0) is 33.6 Å². The highest BCUT2D eigenvalue weighted by atomic mass is 16.5. The highest BCUT2D eigenvalue weighted by Gasteiger charge is 2.28. The van der Waals surface area contributed by atoms with Crippen LogP contribution in [0.25, 0.3) is 0 Å². The molecule has 0 spiro atoms. The molecule has 0 fully saturated rings. The third-order valence-corrected chi connectivity index (χ3v) is 2.87. The first-order valence-electron chi connectivity index (χ1n) is 5.89. The van der Waals surface area contributed by atoms with Gasteiger partial charge >= 0.3 is 5.97 Å². The van der Waals surface area contributed by atoms with Gasteiger partial charge in [0, 0.05) is 11.4 Å². The van der Waals surface area contributed by atoms with Gasteiger partial charge in [-0.3, -0.25) is 9.79 Å². The van der Waals surface area contributed by atoms with E-state index in [1.54, 1.807) is 6.92 Å². The molecule has 1 heterocycles. The summed E-state index contributed by atoms with van der Waals surface area (Å²) in [6.45, 7) is 7.48. The molecule has 1 unspecified atom stereocenters. The third-order valence-electron chi connectivity index (χ3n) is 2.87. The van der Waals surface area contributed by atoms with Gasteiger partial charge in [0.1, 0.15) is 5.78 Å². The fraction of sp³-hybridized carbons (Fsp3) is 0.615. The minimum absolute atomic E-state index is 0.0412. The number of Topliss-reactive ketones (excluding diaryl/α,β-unsaturated/α-hetero) is 1. The molecule has 0 saturated carbocycles. The van der Waals surface area contributed by atoms with E-state index in [-0.39, 0.29) is 17.7 Å². The minimum Gasteiger partial charge on any atom is -0.462 e. The summed E-state index contributed by atoms with van der Waals surface area (Å²) < 4.78 is 5.09. The summed E-state index contributed by atoms with van der Waals surface area (Å²) >= 11 is 0. The SMILES string of the molecule is CCCOC(=O)C1=C(C)N=C(C)C(C(C)=O)C1. The van der Waals surface area contributed by atoms with E-state index in [2.05, 4.69) is 4.99 Å². The summed E-state index contributed by atoms with van der Waals surface area (Å²) in [5.74, 6) is -0.575. The summed E-state index contributed by atoms with van der Waals surface area (Å²) in [4.78, 5) is 27.5. The van der Waals surface area contributed by atoms with E-state index in [1.165, 1.54) is 6.92 Å². The van der Waals surface area contributed by atoms with E-state index in [4.69, 9.17) is 4.74 Å². The molecule has 0 aliphatic carbocycles. The second-order valence-electron chi connectivity index (χ2n) is 4.32. The molecule has 1 aliphatic heterocycles. The second-order valence-corrected chi connectivity index (χ2v) is 4.32. The largest absolute Gasteiger partial charge is 0.462 e.